The quantitative estimate of drug-likeness (QED) is 0.463. The van der Waals surface area contributed by atoms with Gasteiger partial charge in [0.2, 0.25) is 0 Å². The molecule has 1 rings (SSSR count). The molecule has 0 radical (unpaired) electrons. The highest BCUT2D eigenvalue weighted by atomic mass is 16.6. The van der Waals surface area contributed by atoms with E-state index in [1.54, 1.807) is 4.90 Å². The van der Waals surface area contributed by atoms with Gasteiger partial charge in [-0.05, 0) is 33.6 Å². The van der Waals surface area contributed by atoms with E-state index < -0.39 is 5.60 Å². The predicted molar refractivity (Wildman–Crippen MR) is 116 cm³/mol. The van der Waals surface area contributed by atoms with Crippen LogP contribution >= 0.6 is 0 Å². The molecule has 1 fully saturated rings. The Hall–Kier alpha value is -1.50. The van der Waals surface area contributed by atoms with E-state index in [9.17, 15) is 9.59 Å². The van der Waals surface area contributed by atoms with E-state index >= 15 is 0 Å². The first-order valence-corrected chi connectivity index (χ1v) is 11.4. The predicted octanol–water partition coefficient (Wildman–Crippen LogP) is 4.45. The average molecular weight is 414 g/mol. The number of carbonyl (C=O) groups is 2. The fourth-order valence-corrected chi connectivity index (χ4v) is 3.29. The lowest BCUT2D eigenvalue weighted by Crippen LogP contribution is -2.48. The Balaban J connectivity index is 2.54. The number of nitrogens with one attached hydrogen (secondary N) is 2. The Bertz CT molecular complexity index is 479. The minimum Gasteiger partial charge on any atom is -0.444 e. The molecule has 29 heavy (non-hydrogen) atoms. The van der Waals surface area contributed by atoms with Crippen molar-refractivity contribution in [1.29, 1.82) is 0 Å². The highest BCUT2D eigenvalue weighted by molar-refractivity contribution is 5.75. The van der Waals surface area contributed by atoms with Crippen molar-refractivity contribution >= 4 is 12.1 Å². The molecule has 1 aliphatic rings. The van der Waals surface area contributed by atoms with Gasteiger partial charge in [-0.1, -0.05) is 52.4 Å². The highest BCUT2D eigenvalue weighted by Crippen LogP contribution is 2.18. The maximum atomic E-state index is 12.4. The lowest BCUT2D eigenvalue weighted by atomic mass is 10.1. The number of ether oxygens (including phenoxy) is 2. The standard InChI is InChI=1S/C22H43N3O4/c1-6-8-10-11-13-15-28-19-17-25(21(27)29-22(3,4)5)16-18(19)24-20(26)23-14-12-9-7-2/h18-19H,6-17H2,1-5H3,(H2,23,24,26)/t18-,19-/m0/s1. The molecule has 170 valence electrons. The maximum Gasteiger partial charge on any atom is 0.410 e. The highest BCUT2D eigenvalue weighted by Gasteiger charge is 2.38. The summed E-state index contributed by atoms with van der Waals surface area (Å²) in [5, 5.41) is 5.89. The van der Waals surface area contributed by atoms with E-state index in [0.29, 0.717) is 26.2 Å². The van der Waals surface area contributed by atoms with Gasteiger partial charge in [-0.3, -0.25) is 0 Å². The van der Waals surface area contributed by atoms with Gasteiger partial charge >= 0.3 is 12.1 Å². The number of hydrogen-bond acceptors (Lipinski definition) is 4. The molecule has 0 aromatic rings. The molecule has 7 nitrogen and oxygen atoms in total. The van der Waals surface area contributed by atoms with Gasteiger partial charge < -0.3 is 25.0 Å². The number of carbonyl (C=O) groups excluding carboxylic acids is 2. The van der Waals surface area contributed by atoms with Gasteiger partial charge in [0.1, 0.15) is 5.60 Å². The van der Waals surface area contributed by atoms with Gasteiger partial charge in [-0.2, -0.15) is 0 Å². The van der Waals surface area contributed by atoms with E-state index in [2.05, 4.69) is 24.5 Å². The molecule has 2 atom stereocenters. The van der Waals surface area contributed by atoms with Crippen LogP contribution in [0.15, 0.2) is 0 Å². The van der Waals surface area contributed by atoms with Crippen molar-refractivity contribution in [2.24, 2.45) is 0 Å². The van der Waals surface area contributed by atoms with Crippen molar-refractivity contribution < 1.29 is 19.1 Å². The number of rotatable bonds is 12. The van der Waals surface area contributed by atoms with Gasteiger partial charge in [0.25, 0.3) is 0 Å². The molecular formula is C22H43N3O4. The molecule has 2 N–H and O–H groups in total. The maximum absolute atomic E-state index is 12.4. The van der Waals surface area contributed by atoms with Crippen LogP contribution in [0.2, 0.25) is 0 Å². The monoisotopic (exact) mass is 413 g/mol. The minimum atomic E-state index is -0.547. The Morgan fingerprint density at radius 1 is 0.966 bits per heavy atom. The molecular weight excluding hydrogens is 370 g/mol. The van der Waals surface area contributed by atoms with Crippen LogP contribution in [0.4, 0.5) is 9.59 Å². The summed E-state index contributed by atoms with van der Waals surface area (Å²) in [6, 6.07) is -0.432. The molecule has 1 heterocycles. The zero-order chi connectivity index (χ0) is 21.7. The number of amides is 3. The second-order valence-electron chi connectivity index (χ2n) is 8.92. The largest absolute Gasteiger partial charge is 0.444 e. The zero-order valence-electron chi connectivity index (χ0n) is 19.2. The lowest BCUT2D eigenvalue weighted by molar-refractivity contribution is 0.0194. The van der Waals surface area contributed by atoms with Gasteiger partial charge in [0.15, 0.2) is 0 Å². The van der Waals surface area contributed by atoms with Crippen LogP contribution in [0.3, 0.4) is 0 Å². The summed E-state index contributed by atoms with van der Waals surface area (Å²) in [6.45, 7) is 12.0. The van der Waals surface area contributed by atoms with E-state index in [0.717, 1.165) is 32.1 Å². The summed E-state index contributed by atoms with van der Waals surface area (Å²) >= 11 is 0. The third-order valence-electron chi connectivity index (χ3n) is 4.88. The van der Waals surface area contributed by atoms with Crippen molar-refractivity contribution in [2.75, 3.05) is 26.2 Å². The minimum absolute atomic E-state index is 0.200. The summed E-state index contributed by atoms with van der Waals surface area (Å²) in [5.74, 6) is 0. The van der Waals surface area contributed by atoms with Crippen molar-refractivity contribution in [3.8, 4) is 0 Å². The molecule has 0 aromatic carbocycles. The van der Waals surface area contributed by atoms with Crippen LogP contribution in [0.1, 0.15) is 86.0 Å². The summed E-state index contributed by atoms with van der Waals surface area (Å²) in [7, 11) is 0. The number of hydrogen-bond donors (Lipinski definition) is 2. The summed E-state index contributed by atoms with van der Waals surface area (Å²) in [5.41, 5.74) is -0.547. The zero-order valence-corrected chi connectivity index (χ0v) is 19.2. The third kappa shape index (κ3) is 11.3. The van der Waals surface area contributed by atoms with Gasteiger partial charge in [-0.25, -0.2) is 9.59 Å². The molecule has 0 unspecified atom stereocenters. The fourth-order valence-electron chi connectivity index (χ4n) is 3.29. The fraction of sp³-hybridized carbons (Fsp3) is 0.909. The molecule has 3 amide bonds. The molecule has 7 heteroatoms. The first-order valence-electron chi connectivity index (χ1n) is 11.4. The number of likely N-dealkylation sites (tertiary alicyclic amines) is 1. The molecule has 0 bridgehead atoms. The Morgan fingerprint density at radius 3 is 2.28 bits per heavy atom. The van der Waals surface area contributed by atoms with Crippen LogP contribution in [0.25, 0.3) is 0 Å². The van der Waals surface area contributed by atoms with Gasteiger partial charge in [-0.15, -0.1) is 0 Å². The molecule has 0 saturated carbocycles. The van der Waals surface area contributed by atoms with Crippen molar-refractivity contribution in [2.45, 2.75) is 104 Å². The van der Waals surface area contributed by atoms with Crippen molar-refractivity contribution in [3.63, 3.8) is 0 Å². The van der Waals surface area contributed by atoms with Crippen LogP contribution in [0, 0.1) is 0 Å². The van der Waals surface area contributed by atoms with Gasteiger partial charge in [0.05, 0.1) is 18.7 Å². The van der Waals surface area contributed by atoms with E-state index in [-0.39, 0.29) is 24.3 Å². The molecule has 1 saturated heterocycles. The van der Waals surface area contributed by atoms with Crippen molar-refractivity contribution in [1.82, 2.24) is 15.5 Å². The smallest absolute Gasteiger partial charge is 0.410 e. The topological polar surface area (TPSA) is 79.9 Å². The Morgan fingerprint density at radius 2 is 1.62 bits per heavy atom. The molecule has 0 spiro atoms. The normalized spacial score (nSPS) is 19.3. The summed E-state index contributed by atoms with van der Waals surface area (Å²) in [4.78, 5) is 26.3. The molecule has 0 aliphatic carbocycles. The van der Waals surface area contributed by atoms with Crippen LogP contribution in [-0.2, 0) is 9.47 Å². The molecule has 0 aromatic heterocycles. The summed E-state index contributed by atoms with van der Waals surface area (Å²) < 4.78 is 11.5. The SMILES string of the molecule is CCCCCCCO[C@H]1CN(C(=O)OC(C)(C)C)C[C@@H]1NC(=O)NCCCCC. The van der Waals surface area contributed by atoms with Gasteiger partial charge in [0, 0.05) is 19.7 Å². The first kappa shape index (κ1) is 25.5. The van der Waals surface area contributed by atoms with E-state index in [1.165, 1.54) is 19.3 Å². The first-order chi connectivity index (χ1) is 13.8. The number of nitrogens with zero attached hydrogens (tertiary/aromatic N) is 1. The number of urea groups is 1. The summed E-state index contributed by atoms with van der Waals surface area (Å²) in [6.07, 6.45) is 8.44. The average Bonchev–Trinajstić information content (AvgIpc) is 3.03. The Labute approximate surface area is 177 Å². The van der Waals surface area contributed by atoms with Crippen LogP contribution in [-0.4, -0.2) is 61.0 Å². The second kappa shape index (κ2) is 13.7. The lowest BCUT2D eigenvalue weighted by Gasteiger charge is -2.24. The van der Waals surface area contributed by atoms with Crippen LogP contribution < -0.4 is 10.6 Å². The number of unbranched alkanes of at least 4 members (excludes halogenated alkanes) is 6. The van der Waals surface area contributed by atoms with Crippen molar-refractivity contribution in [3.05, 3.63) is 0 Å². The third-order valence-corrected chi connectivity index (χ3v) is 4.88. The van der Waals surface area contributed by atoms with E-state index in [4.69, 9.17) is 9.47 Å². The van der Waals surface area contributed by atoms with Crippen LogP contribution in [0.5, 0.6) is 0 Å². The Kier molecular flexibility index (Phi) is 12.0. The second-order valence-corrected chi connectivity index (χ2v) is 8.92. The van der Waals surface area contributed by atoms with E-state index in [1.807, 2.05) is 20.8 Å². The molecule has 1 aliphatic heterocycles.